The van der Waals surface area contributed by atoms with E-state index < -0.39 is 0 Å². The molecule has 0 spiro atoms. The van der Waals surface area contributed by atoms with E-state index in [2.05, 4.69) is 27.5 Å². The molecule has 0 aliphatic carbocycles. The van der Waals surface area contributed by atoms with Crippen LogP contribution in [0.5, 0.6) is 0 Å². The van der Waals surface area contributed by atoms with Crippen LogP contribution in [0.1, 0.15) is 31.2 Å². The number of nitrogens with one attached hydrogen (secondary N) is 1. The highest BCUT2D eigenvalue weighted by atomic mass is 35.5. The first-order valence-corrected chi connectivity index (χ1v) is 10.4. The Balaban J connectivity index is 1.52. The molecule has 0 aromatic carbocycles. The molecule has 27 heavy (non-hydrogen) atoms. The summed E-state index contributed by atoms with van der Waals surface area (Å²) >= 11 is 9.11. The zero-order valence-corrected chi connectivity index (χ0v) is 16.9. The van der Waals surface area contributed by atoms with Crippen molar-refractivity contribution in [1.82, 2.24) is 14.7 Å². The summed E-state index contributed by atoms with van der Waals surface area (Å²) in [5.41, 5.74) is 2.12. The lowest BCUT2D eigenvalue weighted by atomic mass is 10.0. The summed E-state index contributed by atoms with van der Waals surface area (Å²) in [6.07, 6.45) is 3.97. The van der Waals surface area contributed by atoms with Crippen molar-refractivity contribution in [2.24, 2.45) is 7.05 Å². The number of rotatable bonds is 4. The fourth-order valence-electron chi connectivity index (χ4n) is 3.17. The van der Waals surface area contributed by atoms with Crippen molar-refractivity contribution in [3.8, 4) is 6.07 Å². The minimum absolute atomic E-state index is 0.247. The lowest BCUT2D eigenvalue weighted by Gasteiger charge is -2.26. The molecule has 3 aromatic heterocycles. The molecule has 3 aromatic rings. The molecule has 0 saturated carbocycles. The van der Waals surface area contributed by atoms with Gasteiger partial charge in [-0.25, -0.2) is 0 Å². The number of carbonyl (C=O) groups is 1. The number of amides is 1. The number of halogens is 1. The molecule has 9 heteroatoms. The van der Waals surface area contributed by atoms with Crippen molar-refractivity contribution in [2.45, 2.75) is 19.5 Å². The van der Waals surface area contributed by atoms with Crippen molar-refractivity contribution in [3.63, 3.8) is 0 Å². The first-order valence-electron chi connectivity index (χ1n) is 8.34. The van der Waals surface area contributed by atoms with E-state index in [1.807, 2.05) is 6.07 Å². The molecular formula is C18H16ClN5OS2. The Kier molecular flexibility index (Phi) is 5.02. The van der Waals surface area contributed by atoms with Gasteiger partial charge in [0.15, 0.2) is 0 Å². The summed E-state index contributed by atoms with van der Waals surface area (Å²) in [6, 6.07) is 6.25. The molecule has 0 fully saturated rings. The van der Waals surface area contributed by atoms with E-state index in [0.29, 0.717) is 16.1 Å². The number of hydrogen-bond acceptors (Lipinski definition) is 6. The van der Waals surface area contributed by atoms with Crippen molar-refractivity contribution < 1.29 is 4.79 Å². The fraction of sp³-hybridized carbons (Fsp3) is 0.278. The van der Waals surface area contributed by atoms with Crippen LogP contribution < -0.4 is 5.32 Å². The van der Waals surface area contributed by atoms with E-state index in [4.69, 9.17) is 11.6 Å². The maximum atomic E-state index is 12.4. The van der Waals surface area contributed by atoms with E-state index >= 15 is 0 Å². The summed E-state index contributed by atoms with van der Waals surface area (Å²) in [5.74, 6) is -0.247. The standard InChI is InChI=1S/C18H16ClN5OS2/c1-23-8-11(7-21-23)17(25)22-18-14(6-20)13-4-5-24(10-15(13)27-18)9-12-2-3-16(19)26-12/h2-3,7-8H,4-5,9-10H2,1H3,(H,22,25). The largest absolute Gasteiger partial charge is 0.312 e. The van der Waals surface area contributed by atoms with Crippen LogP contribution in [0.25, 0.3) is 0 Å². The molecule has 1 aliphatic heterocycles. The highest BCUT2D eigenvalue weighted by Gasteiger charge is 2.26. The Morgan fingerprint density at radius 2 is 2.30 bits per heavy atom. The first kappa shape index (κ1) is 18.2. The van der Waals surface area contributed by atoms with Gasteiger partial charge in [-0.1, -0.05) is 11.6 Å². The molecule has 1 aliphatic rings. The number of anilines is 1. The zero-order chi connectivity index (χ0) is 19.0. The highest BCUT2D eigenvalue weighted by molar-refractivity contribution is 7.17. The van der Waals surface area contributed by atoms with Crippen LogP contribution >= 0.6 is 34.3 Å². The fourth-order valence-corrected chi connectivity index (χ4v) is 5.53. The highest BCUT2D eigenvalue weighted by Crippen LogP contribution is 2.37. The molecule has 0 bridgehead atoms. The van der Waals surface area contributed by atoms with Crippen LogP contribution in [0.15, 0.2) is 24.5 Å². The van der Waals surface area contributed by atoms with Gasteiger partial charge < -0.3 is 5.32 Å². The average molecular weight is 418 g/mol. The van der Waals surface area contributed by atoms with Gasteiger partial charge in [0.25, 0.3) is 5.91 Å². The summed E-state index contributed by atoms with van der Waals surface area (Å²) in [4.78, 5) is 17.1. The maximum Gasteiger partial charge on any atom is 0.259 e. The van der Waals surface area contributed by atoms with Crippen molar-refractivity contribution in [3.05, 3.63) is 55.3 Å². The van der Waals surface area contributed by atoms with Crippen LogP contribution in [-0.4, -0.2) is 27.1 Å². The number of aryl methyl sites for hydroxylation is 1. The Morgan fingerprint density at radius 1 is 1.44 bits per heavy atom. The molecule has 4 heterocycles. The Morgan fingerprint density at radius 3 is 2.96 bits per heavy atom. The third-order valence-corrected chi connectivity index (χ3v) is 6.80. The Hall–Kier alpha value is -2.18. The van der Waals surface area contributed by atoms with Gasteiger partial charge >= 0.3 is 0 Å². The summed E-state index contributed by atoms with van der Waals surface area (Å²) in [7, 11) is 1.76. The summed E-state index contributed by atoms with van der Waals surface area (Å²) in [6.45, 7) is 2.49. The summed E-state index contributed by atoms with van der Waals surface area (Å²) in [5, 5.41) is 17.1. The second-order valence-electron chi connectivity index (χ2n) is 6.34. The second-order valence-corrected chi connectivity index (χ2v) is 9.25. The minimum Gasteiger partial charge on any atom is -0.312 e. The first-order chi connectivity index (χ1) is 13.0. The maximum absolute atomic E-state index is 12.4. The number of thiophene rings is 2. The Labute approximate surface area is 169 Å². The van der Waals surface area contributed by atoms with Gasteiger partial charge in [0.05, 0.1) is 21.7 Å². The van der Waals surface area contributed by atoms with E-state index in [-0.39, 0.29) is 5.91 Å². The van der Waals surface area contributed by atoms with Gasteiger partial charge in [0.1, 0.15) is 11.1 Å². The molecule has 6 nitrogen and oxygen atoms in total. The molecule has 0 saturated heterocycles. The molecule has 0 radical (unpaired) electrons. The van der Waals surface area contributed by atoms with Crippen LogP contribution in [0.4, 0.5) is 5.00 Å². The van der Waals surface area contributed by atoms with Crippen LogP contribution in [0, 0.1) is 11.3 Å². The number of nitriles is 1. The van der Waals surface area contributed by atoms with Crippen molar-refractivity contribution >= 4 is 45.2 Å². The van der Waals surface area contributed by atoms with Crippen molar-refractivity contribution in [1.29, 1.82) is 5.26 Å². The lowest BCUT2D eigenvalue weighted by molar-refractivity contribution is 0.102. The molecule has 4 rings (SSSR count). The predicted octanol–water partition coefficient (Wildman–Crippen LogP) is 3.88. The van der Waals surface area contributed by atoms with E-state index in [9.17, 15) is 10.1 Å². The number of fused-ring (bicyclic) bond motifs is 1. The van der Waals surface area contributed by atoms with Gasteiger partial charge in [-0.3, -0.25) is 14.4 Å². The number of hydrogen-bond donors (Lipinski definition) is 1. The topological polar surface area (TPSA) is 74.0 Å². The van der Waals surface area contributed by atoms with Gasteiger partial charge in [0, 0.05) is 42.6 Å². The molecule has 1 N–H and O–H groups in total. The molecule has 0 atom stereocenters. The Bertz CT molecular complexity index is 1040. The van der Waals surface area contributed by atoms with E-state index in [1.165, 1.54) is 22.4 Å². The number of aromatic nitrogens is 2. The molecule has 0 unspecified atom stereocenters. The van der Waals surface area contributed by atoms with Gasteiger partial charge in [-0.15, -0.1) is 22.7 Å². The molecule has 138 valence electrons. The van der Waals surface area contributed by atoms with E-state index in [1.54, 1.807) is 29.3 Å². The zero-order valence-electron chi connectivity index (χ0n) is 14.5. The van der Waals surface area contributed by atoms with Crippen molar-refractivity contribution in [2.75, 3.05) is 11.9 Å². The minimum atomic E-state index is -0.247. The lowest BCUT2D eigenvalue weighted by Crippen LogP contribution is -2.29. The van der Waals surface area contributed by atoms with Gasteiger partial charge in [-0.05, 0) is 24.1 Å². The van der Waals surface area contributed by atoms with Crippen LogP contribution in [0.2, 0.25) is 4.34 Å². The number of nitrogens with zero attached hydrogens (tertiary/aromatic N) is 4. The smallest absolute Gasteiger partial charge is 0.259 e. The van der Waals surface area contributed by atoms with Crippen LogP contribution in [0.3, 0.4) is 0 Å². The summed E-state index contributed by atoms with van der Waals surface area (Å²) < 4.78 is 2.37. The normalized spacial score (nSPS) is 14.0. The third kappa shape index (κ3) is 3.77. The second kappa shape index (κ2) is 7.44. The third-order valence-electron chi connectivity index (χ3n) is 4.45. The quantitative estimate of drug-likeness (QED) is 0.699. The average Bonchev–Trinajstić information content (AvgIpc) is 3.33. The van der Waals surface area contributed by atoms with E-state index in [0.717, 1.165) is 40.8 Å². The van der Waals surface area contributed by atoms with Gasteiger partial charge in [0.2, 0.25) is 0 Å². The monoisotopic (exact) mass is 417 g/mol. The van der Waals surface area contributed by atoms with Crippen LogP contribution in [-0.2, 0) is 26.6 Å². The molecular weight excluding hydrogens is 402 g/mol. The molecule has 1 amide bonds. The van der Waals surface area contributed by atoms with Gasteiger partial charge in [-0.2, -0.15) is 10.4 Å². The SMILES string of the molecule is Cn1cc(C(=O)Nc2sc3c(c2C#N)CCN(Cc2ccc(Cl)s2)C3)cn1. The predicted molar refractivity (Wildman–Crippen MR) is 107 cm³/mol. The number of carbonyl (C=O) groups excluding carboxylic acids is 1.